The van der Waals surface area contributed by atoms with E-state index < -0.39 is 0 Å². The molecule has 0 spiro atoms. The minimum absolute atomic E-state index is 0.0144. The molecule has 1 aromatic heterocycles. The molecule has 0 unspecified atom stereocenters. The Bertz CT molecular complexity index is 1030. The summed E-state index contributed by atoms with van der Waals surface area (Å²) in [6, 6.07) is 20.3. The van der Waals surface area contributed by atoms with Crippen LogP contribution >= 0.6 is 11.3 Å². The lowest BCUT2D eigenvalue weighted by atomic mass is 10.0. The Hall–Kier alpha value is -2.83. The van der Waals surface area contributed by atoms with Crippen molar-refractivity contribution in [1.29, 1.82) is 0 Å². The van der Waals surface area contributed by atoms with Gasteiger partial charge in [0.25, 0.3) is 5.91 Å². The van der Waals surface area contributed by atoms with Gasteiger partial charge in [0, 0.05) is 42.7 Å². The monoisotopic (exact) mass is 449 g/mol. The van der Waals surface area contributed by atoms with Gasteiger partial charge >= 0.3 is 0 Å². The number of methoxy groups -OCH3 is 1. The van der Waals surface area contributed by atoms with Crippen LogP contribution in [0.1, 0.15) is 33.8 Å². The van der Waals surface area contributed by atoms with Crippen LogP contribution in [-0.2, 0) is 0 Å². The van der Waals surface area contributed by atoms with E-state index in [1.165, 1.54) is 4.88 Å². The average molecular weight is 450 g/mol. The van der Waals surface area contributed by atoms with Crippen molar-refractivity contribution in [3.63, 3.8) is 0 Å². The van der Waals surface area contributed by atoms with E-state index in [9.17, 15) is 4.79 Å². The molecule has 2 atom stereocenters. The lowest BCUT2D eigenvalue weighted by Gasteiger charge is -2.42. The van der Waals surface area contributed by atoms with Crippen molar-refractivity contribution in [2.24, 2.45) is 0 Å². The number of carbonyl (C=O) groups is 1. The Morgan fingerprint density at radius 2 is 1.81 bits per heavy atom. The largest absolute Gasteiger partial charge is 0.495 e. The summed E-state index contributed by atoms with van der Waals surface area (Å²) in [7, 11) is 1.72. The topological polar surface area (TPSA) is 44.8 Å². The minimum Gasteiger partial charge on any atom is -0.495 e. The quantitative estimate of drug-likeness (QED) is 0.566. The Kier molecular flexibility index (Phi) is 7.12. The molecule has 0 saturated carbocycles. The number of piperazine rings is 1. The molecule has 1 aliphatic heterocycles. The van der Waals surface area contributed by atoms with E-state index >= 15 is 0 Å². The maximum Gasteiger partial charge on any atom is 0.251 e. The van der Waals surface area contributed by atoms with Crippen molar-refractivity contribution >= 4 is 22.9 Å². The number of anilines is 1. The summed E-state index contributed by atoms with van der Waals surface area (Å²) in [5.41, 5.74) is 2.94. The second-order valence-corrected chi connectivity index (χ2v) is 9.27. The van der Waals surface area contributed by atoms with Crippen molar-refractivity contribution in [3.05, 3.63) is 82.0 Å². The smallest absolute Gasteiger partial charge is 0.251 e. The minimum atomic E-state index is -0.0181. The van der Waals surface area contributed by atoms with Gasteiger partial charge in [0.2, 0.25) is 0 Å². The van der Waals surface area contributed by atoms with Gasteiger partial charge in [-0.2, -0.15) is 0 Å². The third-order valence-electron chi connectivity index (χ3n) is 6.08. The predicted octanol–water partition coefficient (Wildman–Crippen LogP) is 4.75. The molecule has 2 aromatic carbocycles. The zero-order chi connectivity index (χ0) is 22.5. The summed E-state index contributed by atoms with van der Waals surface area (Å²) in [6.07, 6.45) is 0. The molecule has 1 fully saturated rings. The van der Waals surface area contributed by atoms with Crippen molar-refractivity contribution in [2.45, 2.75) is 25.9 Å². The summed E-state index contributed by atoms with van der Waals surface area (Å²) in [5, 5.41) is 5.38. The predicted molar refractivity (Wildman–Crippen MR) is 132 cm³/mol. The lowest BCUT2D eigenvalue weighted by Crippen LogP contribution is -2.52. The maximum atomic E-state index is 12.9. The van der Waals surface area contributed by atoms with Crippen molar-refractivity contribution in [1.82, 2.24) is 10.2 Å². The molecule has 1 aliphatic rings. The van der Waals surface area contributed by atoms with Crippen LogP contribution in [0.3, 0.4) is 0 Å². The number of hydrogen-bond acceptors (Lipinski definition) is 5. The molecular formula is C26H31N3O2S. The number of benzene rings is 2. The van der Waals surface area contributed by atoms with Crippen LogP contribution in [0.5, 0.6) is 5.75 Å². The molecule has 168 valence electrons. The molecule has 6 heteroatoms. The van der Waals surface area contributed by atoms with Crippen molar-refractivity contribution in [3.8, 4) is 5.75 Å². The van der Waals surface area contributed by atoms with Gasteiger partial charge in [-0.25, -0.2) is 0 Å². The second kappa shape index (κ2) is 10.2. The summed E-state index contributed by atoms with van der Waals surface area (Å²) in [6.45, 7) is 7.80. The van der Waals surface area contributed by atoms with Gasteiger partial charge in [0.15, 0.2) is 0 Å². The highest BCUT2D eigenvalue weighted by Gasteiger charge is 2.31. The molecule has 32 heavy (non-hydrogen) atoms. The highest BCUT2D eigenvalue weighted by atomic mass is 32.1. The molecule has 2 heterocycles. The third kappa shape index (κ3) is 4.97. The second-order valence-electron chi connectivity index (χ2n) is 8.29. The van der Waals surface area contributed by atoms with E-state index in [4.69, 9.17) is 4.74 Å². The summed E-state index contributed by atoms with van der Waals surface area (Å²) >= 11 is 1.76. The average Bonchev–Trinajstić information content (AvgIpc) is 3.34. The van der Waals surface area contributed by atoms with Gasteiger partial charge < -0.3 is 15.0 Å². The van der Waals surface area contributed by atoms with Crippen LogP contribution in [0.4, 0.5) is 5.69 Å². The van der Waals surface area contributed by atoms with E-state index in [1.807, 2.05) is 43.3 Å². The molecular weight excluding hydrogens is 418 g/mol. The number of nitrogens with one attached hydrogen (secondary N) is 1. The van der Waals surface area contributed by atoms with E-state index in [0.29, 0.717) is 5.56 Å². The fourth-order valence-electron chi connectivity index (χ4n) is 4.49. The number of rotatable bonds is 7. The fraction of sp³-hybridized carbons (Fsp3) is 0.346. The van der Waals surface area contributed by atoms with E-state index in [-0.39, 0.29) is 18.0 Å². The number of aryl methyl sites for hydroxylation is 1. The standard InChI is InChI=1S/C26H31N3O2S/c1-19-8-6-9-21(18-19)26(30)27-20(2)25(24-12-7-17-32-24)29-15-13-28(14-16-29)22-10-4-5-11-23(22)31-3/h4-12,17-18,20,25H,13-16H2,1-3H3,(H,27,30)/t20-,25+/m1/s1. The zero-order valence-corrected chi connectivity index (χ0v) is 19.8. The lowest BCUT2D eigenvalue weighted by molar-refractivity contribution is 0.0890. The highest BCUT2D eigenvalue weighted by molar-refractivity contribution is 7.10. The number of thiophene rings is 1. The Labute approximate surface area is 194 Å². The first kappa shape index (κ1) is 22.4. The number of carbonyl (C=O) groups excluding carboxylic acids is 1. The van der Waals surface area contributed by atoms with Gasteiger partial charge in [0.05, 0.1) is 18.8 Å². The van der Waals surface area contributed by atoms with Gasteiger partial charge in [0.1, 0.15) is 5.75 Å². The van der Waals surface area contributed by atoms with Crippen molar-refractivity contribution in [2.75, 3.05) is 38.2 Å². The molecule has 1 N–H and O–H groups in total. The third-order valence-corrected chi connectivity index (χ3v) is 7.02. The van der Waals surface area contributed by atoms with Crippen LogP contribution < -0.4 is 15.0 Å². The molecule has 1 saturated heterocycles. The molecule has 0 bridgehead atoms. The summed E-state index contributed by atoms with van der Waals surface area (Å²) < 4.78 is 5.56. The number of para-hydroxylation sites is 2. The zero-order valence-electron chi connectivity index (χ0n) is 19.0. The van der Waals surface area contributed by atoms with Gasteiger partial charge in [-0.05, 0) is 49.6 Å². The highest BCUT2D eigenvalue weighted by Crippen LogP contribution is 2.32. The van der Waals surface area contributed by atoms with E-state index in [2.05, 4.69) is 51.7 Å². The first-order chi connectivity index (χ1) is 15.6. The van der Waals surface area contributed by atoms with E-state index in [0.717, 1.165) is 43.2 Å². The molecule has 0 aliphatic carbocycles. The summed E-state index contributed by atoms with van der Waals surface area (Å²) in [5.74, 6) is 0.893. The SMILES string of the molecule is COc1ccccc1N1CCN([C@H](c2cccs2)[C@@H](C)NC(=O)c2cccc(C)c2)CC1. The van der Waals surface area contributed by atoms with Crippen LogP contribution in [0.2, 0.25) is 0 Å². The number of amides is 1. The van der Waals surface area contributed by atoms with E-state index in [1.54, 1.807) is 18.4 Å². The number of hydrogen-bond donors (Lipinski definition) is 1. The Balaban J connectivity index is 1.47. The first-order valence-electron chi connectivity index (χ1n) is 11.1. The molecule has 3 aromatic rings. The van der Waals surface area contributed by atoms with Crippen LogP contribution in [-0.4, -0.2) is 50.1 Å². The number of ether oxygens (including phenoxy) is 1. The Morgan fingerprint density at radius 3 is 2.50 bits per heavy atom. The Morgan fingerprint density at radius 1 is 1.03 bits per heavy atom. The van der Waals surface area contributed by atoms with Crippen LogP contribution in [0, 0.1) is 6.92 Å². The molecule has 5 nitrogen and oxygen atoms in total. The number of nitrogens with zero attached hydrogens (tertiary/aromatic N) is 2. The molecule has 0 radical (unpaired) electrons. The molecule has 4 rings (SSSR count). The normalized spacial score (nSPS) is 16.4. The van der Waals surface area contributed by atoms with Crippen LogP contribution in [0.15, 0.2) is 66.0 Å². The van der Waals surface area contributed by atoms with Gasteiger partial charge in [-0.15, -0.1) is 11.3 Å². The van der Waals surface area contributed by atoms with Crippen molar-refractivity contribution < 1.29 is 9.53 Å². The van der Waals surface area contributed by atoms with Gasteiger partial charge in [-0.1, -0.05) is 35.9 Å². The fourth-order valence-corrected chi connectivity index (χ4v) is 5.45. The van der Waals surface area contributed by atoms with Gasteiger partial charge in [-0.3, -0.25) is 9.69 Å². The first-order valence-corrected chi connectivity index (χ1v) is 12.0. The maximum absolute atomic E-state index is 12.9. The summed E-state index contributed by atoms with van der Waals surface area (Å²) in [4.78, 5) is 19.1. The van der Waals surface area contributed by atoms with Crippen LogP contribution in [0.25, 0.3) is 0 Å². The molecule has 1 amide bonds.